The van der Waals surface area contributed by atoms with E-state index in [1.54, 1.807) is 12.5 Å². The third-order valence-corrected chi connectivity index (χ3v) is 4.42. The third kappa shape index (κ3) is 4.81. The van der Waals surface area contributed by atoms with Crippen LogP contribution in [0.4, 0.5) is 0 Å². The molecule has 0 saturated carbocycles. The second kappa shape index (κ2) is 8.65. The minimum absolute atomic E-state index is 0.111. The predicted molar refractivity (Wildman–Crippen MR) is 96.9 cm³/mol. The molecule has 0 fully saturated rings. The van der Waals surface area contributed by atoms with Crippen LogP contribution < -0.4 is 0 Å². The van der Waals surface area contributed by atoms with Crippen molar-refractivity contribution in [2.45, 2.75) is 39.0 Å². The van der Waals surface area contributed by atoms with Crippen molar-refractivity contribution in [3.8, 4) is 0 Å². The lowest BCUT2D eigenvalue weighted by atomic mass is 10.1. The van der Waals surface area contributed by atoms with Crippen molar-refractivity contribution in [1.82, 2.24) is 14.7 Å². The second-order valence-corrected chi connectivity index (χ2v) is 6.25. The Labute approximate surface area is 148 Å². The molecule has 3 aromatic rings. The van der Waals surface area contributed by atoms with E-state index in [1.807, 2.05) is 29.1 Å². The summed E-state index contributed by atoms with van der Waals surface area (Å²) < 4.78 is 7.42. The Morgan fingerprint density at radius 1 is 1.16 bits per heavy atom. The highest BCUT2D eigenvalue weighted by atomic mass is 16.3. The smallest absolute Gasteiger partial charge is 0.117 e. The fourth-order valence-electron chi connectivity index (χ4n) is 3.06. The van der Waals surface area contributed by atoms with Crippen molar-refractivity contribution < 1.29 is 9.52 Å². The Kier molecular flexibility index (Phi) is 6.04. The summed E-state index contributed by atoms with van der Waals surface area (Å²) in [6.45, 7) is 4.47. The van der Waals surface area contributed by atoms with Crippen LogP contribution in [0.3, 0.4) is 0 Å². The summed E-state index contributed by atoms with van der Waals surface area (Å²) in [6, 6.07) is 14.5. The molecular weight excluding hydrogens is 314 g/mol. The number of benzene rings is 1. The lowest BCUT2D eigenvalue weighted by Crippen LogP contribution is -2.36. The van der Waals surface area contributed by atoms with Crippen molar-refractivity contribution in [3.05, 3.63) is 78.0 Å². The van der Waals surface area contributed by atoms with Crippen LogP contribution in [0.25, 0.3) is 0 Å². The van der Waals surface area contributed by atoms with Crippen molar-refractivity contribution in [1.29, 1.82) is 0 Å². The fourth-order valence-corrected chi connectivity index (χ4v) is 3.06. The summed E-state index contributed by atoms with van der Waals surface area (Å²) >= 11 is 0. The normalized spacial score (nSPS) is 12.6. The molecule has 0 aliphatic heterocycles. The van der Waals surface area contributed by atoms with E-state index < -0.39 is 0 Å². The van der Waals surface area contributed by atoms with Crippen LogP contribution in [-0.4, -0.2) is 32.4 Å². The predicted octanol–water partition coefficient (Wildman–Crippen LogP) is 3.30. The molecule has 2 heterocycles. The molecule has 0 radical (unpaired) electrons. The van der Waals surface area contributed by atoms with Gasteiger partial charge in [-0.25, -0.2) is 0 Å². The zero-order valence-electron chi connectivity index (χ0n) is 14.6. The van der Waals surface area contributed by atoms with Gasteiger partial charge in [0.2, 0.25) is 0 Å². The largest absolute Gasteiger partial charge is 0.468 e. The number of aliphatic hydroxyl groups is 1. The van der Waals surface area contributed by atoms with E-state index in [9.17, 15) is 5.11 Å². The summed E-state index contributed by atoms with van der Waals surface area (Å²) in [5.41, 5.74) is 2.44. The average Bonchev–Trinajstić information content (AvgIpc) is 3.30. The minimum atomic E-state index is 0.111. The van der Waals surface area contributed by atoms with Crippen molar-refractivity contribution in [3.63, 3.8) is 0 Å². The van der Waals surface area contributed by atoms with Gasteiger partial charge in [-0.05, 0) is 35.7 Å². The third-order valence-electron chi connectivity index (χ3n) is 4.42. The molecule has 0 spiro atoms. The van der Waals surface area contributed by atoms with Gasteiger partial charge < -0.3 is 9.52 Å². The molecule has 0 aliphatic carbocycles. The molecule has 3 rings (SSSR count). The van der Waals surface area contributed by atoms with Crippen molar-refractivity contribution in [2.75, 3.05) is 6.61 Å². The second-order valence-electron chi connectivity index (χ2n) is 6.25. The van der Waals surface area contributed by atoms with Crippen LogP contribution in [0, 0.1) is 0 Å². The van der Waals surface area contributed by atoms with Crippen LogP contribution in [0.1, 0.15) is 30.2 Å². The topological polar surface area (TPSA) is 54.4 Å². The standard InChI is InChI=1S/C20H25N3O2/c1-2-19(16-24)22(15-20-8-4-11-25-20)13-17-6-3-7-18(12-17)14-23-10-5-9-21-23/h3-12,19,24H,2,13-16H2,1H3/t19-/m1/s1. The first-order valence-corrected chi connectivity index (χ1v) is 8.71. The number of hydrogen-bond donors (Lipinski definition) is 1. The van der Waals surface area contributed by atoms with E-state index >= 15 is 0 Å². The van der Waals surface area contributed by atoms with E-state index in [1.165, 1.54) is 11.1 Å². The SMILES string of the molecule is CC[C@H](CO)N(Cc1cccc(Cn2cccn2)c1)Cc1ccco1. The van der Waals surface area contributed by atoms with Gasteiger partial charge in [-0.15, -0.1) is 0 Å². The maximum absolute atomic E-state index is 9.74. The Morgan fingerprint density at radius 3 is 2.72 bits per heavy atom. The Balaban J connectivity index is 1.74. The molecule has 5 nitrogen and oxygen atoms in total. The van der Waals surface area contributed by atoms with Crippen molar-refractivity contribution in [2.24, 2.45) is 0 Å². The van der Waals surface area contributed by atoms with Gasteiger partial charge in [0.25, 0.3) is 0 Å². The van der Waals surface area contributed by atoms with Gasteiger partial charge in [0.15, 0.2) is 0 Å². The Hall–Kier alpha value is -2.37. The van der Waals surface area contributed by atoms with Gasteiger partial charge in [0.1, 0.15) is 5.76 Å². The van der Waals surface area contributed by atoms with E-state index in [2.05, 4.69) is 41.2 Å². The first-order chi connectivity index (χ1) is 12.3. The van der Waals surface area contributed by atoms with Gasteiger partial charge >= 0.3 is 0 Å². The maximum atomic E-state index is 9.74. The highest BCUT2D eigenvalue weighted by Crippen LogP contribution is 2.17. The molecule has 0 unspecified atom stereocenters. The molecule has 132 valence electrons. The highest BCUT2D eigenvalue weighted by Gasteiger charge is 2.18. The lowest BCUT2D eigenvalue weighted by molar-refractivity contribution is 0.0998. The zero-order valence-corrected chi connectivity index (χ0v) is 14.6. The van der Waals surface area contributed by atoms with E-state index in [0.717, 1.165) is 25.3 Å². The van der Waals surface area contributed by atoms with Crippen LogP contribution in [0.15, 0.2) is 65.5 Å². The quantitative estimate of drug-likeness (QED) is 0.650. The molecule has 25 heavy (non-hydrogen) atoms. The van der Waals surface area contributed by atoms with Crippen molar-refractivity contribution >= 4 is 0 Å². The summed E-state index contributed by atoms with van der Waals surface area (Å²) in [7, 11) is 0. The van der Waals surface area contributed by atoms with Crippen LogP contribution in [0.2, 0.25) is 0 Å². The number of aliphatic hydroxyl groups excluding tert-OH is 1. The minimum Gasteiger partial charge on any atom is -0.468 e. The number of aromatic nitrogens is 2. The maximum Gasteiger partial charge on any atom is 0.117 e. The molecule has 1 N–H and O–H groups in total. The highest BCUT2D eigenvalue weighted by molar-refractivity contribution is 5.24. The molecular formula is C20H25N3O2. The number of hydrogen-bond acceptors (Lipinski definition) is 4. The molecule has 2 aromatic heterocycles. The molecule has 0 bridgehead atoms. The molecule has 0 amide bonds. The molecule has 1 aromatic carbocycles. The van der Waals surface area contributed by atoms with E-state index in [0.29, 0.717) is 6.54 Å². The van der Waals surface area contributed by atoms with E-state index in [-0.39, 0.29) is 12.6 Å². The van der Waals surface area contributed by atoms with Gasteiger partial charge in [0.05, 0.1) is 26.0 Å². The summed E-state index contributed by atoms with van der Waals surface area (Å²) in [5.74, 6) is 0.916. The summed E-state index contributed by atoms with van der Waals surface area (Å²) in [4.78, 5) is 2.27. The number of nitrogens with zero attached hydrogens (tertiary/aromatic N) is 3. The zero-order chi connectivity index (χ0) is 17.5. The Bertz CT molecular complexity index is 734. The summed E-state index contributed by atoms with van der Waals surface area (Å²) in [6.07, 6.45) is 6.35. The molecule has 1 atom stereocenters. The summed E-state index contributed by atoms with van der Waals surface area (Å²) in [5, 5.41) is 14.0. The molecule has 5 heteroatoms. The first kappa shape index (κ1) is 17.5. The lowest BCUT2D eigenvalue weighted by Gasteiger charge is -2.29. The van der Waals surface area contributed by atoms with E-state index in [4.69, 9.17) is 4.42 Å². The Morgan fingerprint density at radius 2 is 2.04 bits per heavy atom. The van der Waals surface area contributed by atoms with Gasteiger partial charge in [0, 0.05) is 25.0 Å². The van der Waals surface area contributed by atoms with Gasteiger partial charge in [-0.2, -0.15) is 5.10 Å². The number of furan rings is 1. The first-order valence-electron chi connectivity index (χ1n) is 8.71. The van der Waals surface area contributed by atoms with Gasteiger partial charge in [-0.1, -0.05) is 31.2 Å². The number of rotatable bonds is 9. The average molecular weight is 339 g/mol. The fraction of sp³-hybridized carbons (Fsp3) is 0.350. The van der Waals surface area contributed by atoms with Gasteiger partial charge in [-0.3, -0.25) is 9.58 Å². The molecule has 0 aliphatic rings. The van der Waals surface area contributed by atoms with Crippen LogP contribution in [-0.2, 0) is 19.6 Å². The monoisotopic (exact) mass is 339 g/mol. The van der Waals surface area contributed by atoms with Crippen LogP contribution >= 0.6 is 0 Å². The molecule has 0 saturated heterocycles. The van der Waals surface area contributed by atoms with Crippen LogP contribution in [0.5, 0.6) is 0 Å².